The van der Waals surface area contributed by atoms with Gasteiger partial charge >= 0.3 is 6.18 Å². The summed E-state index contributed by atoms with van der Waals surface area (Å²) in [6, 6.07) is 7.16. The fourth-order valence-electron chi connectivity index (χ4n) is 6.58. The molecule has 6 rings (SSSR count). The summed E-state index contributed by atoms with van der Waals surface area (Å²) in [7, 11) is 7.17. The molecule has 2 aliphatic heterocycles. The third kappa shape index (κ3) is 7.90. The Morgan fingerprint density at radius 3 is 2.21 bits per heavy atom. The van der Waals surface area contributed by atoms with Crippen LogP contribution in [-0.2, 0) is 18.0 Å². The number of hydrogen-bond acceptors (Lipinski definition) is 7. The van der Waals surface area contributed by atoms with Crippen molar-refractivity contribution in [2.75, 3.05) is 65.7 Å². The molecule has 5 heterocycles. The number of halogens is 4. The van der Waals surface area contributed by atoms with Crippen molar-refractivity contribution in [3.63, 3.8) is 0 Å². The van der Waals surface area contributed by atoms with E-state index in [1.54, 1.807) is 4.90 Å². The van der Waals surface area contributed by atoms with Gasteiger partial charge in [0.05, 0.1) is 60.8 Å². The lowest BCUT2D eigenvalue weighted by atomic mass is 9.94. The Morgan fingerprint density at radius 2 is 1.60 bits per heavy atom. The Bertz CT molecular complexity index is 2040. The standard InChI is InChI=1S/C35H38ClF3N10O4/c1-40-31(50)22-5-8-28(41-18-22)48-20-25(29(44-48)35(37,38)39)27-19-42-30(45(27)2)32(51)43-23-6-7-24(26(36)17-23)34(53)47-13-11-46(12-14-47)33(52)21-9-15-49(3,4)16-10-21/h5-8,17-21H,9-16H2,1-4H3,(H-,40,43,50,51,53)/p+1. The van der Waals surface area contributed by atoms with Crippen molar-refractivity contribution in [2.24, 2.45) is 13.0 Å². The topological polar surface area (TPSA) is 147 Å². The Kier molecular flexibility index (Phi) is 10.3. The molecule has 4 amide bonds. The van der Waals surface area contributed by atoms with Gasteiger partial charge in [0.1, 0.15) is 0 Å². The number of amides is 4. The smallest absolute Gasteiger partial charge is 0.355 e. The number of piperazine rings is 1. The molecule has 4 aromatic rings. The van der Waals surface area contributed by atoms with E-state index in [2.05, 4.69) is 39.8 Å². The van der Waals surface area contributed by atoms with E-state index < -0.39 is 23.7 Å². The molecule has 0 saturated carbocycles. The number of pyridine rings is 1. The zero-order chi connectivity index (χ0) is 38.2. The lowest BCUT2D eigenvalue weighted by molar-refractivity contribution is -0.895. The maximum atomic E-state index is 14.1. The number of carbonyl (C=O) groups excluding carboxylic acids is 4. The monoisotopic (exact) mass is 755 g/mol. The number of alkyl halides is 3. The van der Waals surface area contributed by atoms with Gasteiger partial charge in [-0.2, -0.15) is 18.3 Å². The molecular formula is C35H39ClF3N10O4+. The number of quaternary nitrogens is 1. The molecule has 2 N–H and O–H groups in total. The summed E-state index contributed by atoms with van der Waals surface area (Å²) in [5.74, 6) is -1.46. The summed E-state index contributed by atoms with van der Waals surface area (Å²) in [5.41, 5.74) is -0.940. The van der Waals surface area contributed by atoms with Crippen molar-refractivity contribution < 1.29 is 36.8 Å². The number of aromatic nitrogens is 5. The van der Waals surface area contributed by atoms with Gasteiger partial charge < -0.3 is 29.5 Å². The van der Waals surface area contributed by atoms with Crippen LogP contribution in [0.25, 0.3) is 17.1 Å². The Hall–Kier alpha value is -5.29. The van der Waals surface area contributed by atoms with E-state index in [0.29, 0.717) is 26.2 Å². The minimum Gasteiger partial charge on any atom is -0.355 e. The maximum Gasteiger partial charge on any atom is 0.435 e. The predicted molar refractivity (Wildman–Crippen MR) is 188 cm³/mol. The number of hydrogen-bond donors (Lipinski definition) is 2. The summed E-state index contributed by atoms with van der Waals surface area (Å²) >= 11 is 6.51. The van der Waals surface area contributed by atoms with Gasteiger partial charge in [-0.25, -0.2) is 14.6 Å². The van der Waals surface area contributed by atoms with E-state index in [-0.39, 0.29) is 62.5 Å². The molecule has 53 heavy (non-hydrogen) atoms. The van der Waals surface area contributed by atoms with Gasteiger partial charge in [-0.05, 0) is 30.3 Å². The minimum absolute atomic E-state index is 0.0127. The van der Waals surface area contributed by atoms with Crippen LogP contribution in [0.3, 0.4) is 0 Å². The van der Waals surface area contributed by atoms with Crippen LogP contribution in [0.4, 0.5) is 18.9 Å². The third-order valence-electron chi connectivity index (χ3n) is 9.77. The number of piperidine rings is 1. The Morgan fingerprint density at radius 1 is 0.925 bits per heavy atom. The summed E-state index contributed by atoms with van der Waals surface area (Å²) < 4.78 is 45.5. The van der Waals surface area contributed by atoms with Crippen LogP contribution in [0.15, 0.2) is 48.9 Å². The lowest BCUT2D eigenvalue weighted by Gasteiger charge is -2.40. The van der Waals surface area contributed by atoms with Gasteiger partial charge in [0.15, 0.2) is 17.3 Å². The molecule has 1 aromatic carbocycles. The fraction of sp³-hybridized carbons (Fsp3) is 0.400. The van der Waals surface area contributed by atoms with E-state index in [0.717, 1.165) is 47.5 Å². The number of anilines is 1. The van der Waals surface area contributed by atoms with Crippen LogP contribution >= 0.6 is 11.6 Å². The van der Waals surface area contributed by atoms with Gasteiger partial charge in [-0.1, -0.05) is 11.6 Å². The molecule has 0 bridgehead atoms. The average Bonchev–Trinajstić information content (AvgIpc) is 3.75. The fourth-order valence-corrected chi connectivity index (χ4v) is 6.85. The molecule has 2 fully saturated rings. The van der Waals surface area contributed by atoms with Crippen molar-refractivity contribution in [2.45, 2.75) is 19.0 Å². The summed E-state index contributed by atoms with van der Waals surface area (Å²) in [6.45, 7) is 3.52. The summed E-state index contributed by atoms with van der Waals surface area (Å²) in [6.07, 6.45) is 0.311. The maximum absolute atomic E-state index is 14.1. The van der Waals surface area contributed by atoms with Crippen molar-refractivity contribution in [3.8, 4) is 17.1 Å². The molecule has 0 radical (unpaired) electrons. The first-order valence-corrected chi connectivity index (χ1v) is 17.3. The number of likely N-dealkylation sites (tertiary alicyclic amines) is 1. The summed E-state index contributed by atoms with van der Waals surface area (Å²) in [4.78, 5) is 63.3. The highest BCUT2D eigenvalue weighted by Gasteiger charge is 2.39. The first kappa shape index (κ1) is 37.5. The first-order valence-electron chi connectivity index (χ1n) is 16.9. The van der Waals surface area contributed by atoms with E-state index in [4.69, 9.17) is 11.6 Å². The number of rotatable bonds is 7. The highest BCUT2D eigenvalue weighted by Crippen LogP contribution is 2.37. The lowest BCUT2D eigenvalue weighted by Crippen LogP contribution is -2.54. The second-order valence-corrected chi connectivity index (χ2v) is 14.2. The molecule has 280 valence electrons. The molecule has 14 nitrogen and oxygen atoms in total. The zero-order valence-electron chi connectivity index (χ0n) is 29.6. The predicted octanol–water partition coefficient (Wildman–Crippen LogP) is 3.72. The van der Waals surface area contributed by atoms with Crippen LogP contribution in [0.5, 0.6) is 0 Å². The van der Waals surface area contributed by atoms with Crippen LogP contribution in [-0.4, -0.2) is 123 Å². The van der Waals surface area contributed by atoms with E-state index in [9.17, 15) is 32.3 Å². The van der Waals surface area contributed by atoms with Crippen molar-refractivity contribution in [3.05, 3.63) is 76.6 Å². The molecule has 2 aliphatic rings. The normalized spacial score (nSPS) is 16.4. The van der Waals surface area contributed by atoms with Gasteiger partial charge in [-0.3, -0.25) is 19.2 Å². The molecule has 3 aromatic heterocycles. The summed E-state index contributed by atoms with van der Waals surface area (Å²) in [5, 5.41) is 8.88. The van der Waals surface area contributed by atoms with Crippen molar-refractivity contribution >= 4 is 40.9 Å². The van der Waals surface area contributed by atoms with E-state index in [1.165, 1.54) is 55.2 Å². The molecule has 2 saturated heterocycles. The Balaban J connectivity index is 1.12. The van der Waals surface area contributed by atoms with Gasteiger partial charge in [0.2, 0.25) is 5.91 Å². The second kappa shape index (κ2) is 14.6. The van der Waals surface area contributed by atoms with Crippen LogP contribution in [0.1, 0.15) is 49.9 Å². The average molecular weight is 756 g/mol. The first-order chi connectivity index (χ1) is 25.1. The Labute approximate surface area is 308 Å². The number of imidazole rings is 1. The number of nitrogens with one attached hydrogen (secondary N) is 2. The molecular weight excluding hydrogens is 717 g/mol. The van der Waals surface area contributed by atoms with Crippen LogP contribution in [0, 0.1) is 5.92 Å². The molecule has 0 aliphatic carbocycles. The largest absolute Gasteiger partial charge is 0.435 e. The number of nitrogens with zero attached hydrogens (tertiary/aromatic N) is 8. The quantitative estimate of drug-likeness (QED) is 0.274. The minimum atomic E-state index is -4.86. The number of benzene rings is 1. The van der Waals surface area contributed by atoms with Crippen molar-refractivity contribution in [1.29, 1.82) is 0 Å². The highest BCUT2D eigenvalue weighted by molar-refractivity contribution is 6.34. The third-order valence-corrected chi connectivity index (χ3v) is 10.1. The van der Waals surface area contributed by atoms with Gasteiger partial charge in [0.25, 0.3) is 17.7 Å². The molecule has 0 atom stereocenters. The van der Waals surface area contributed by atoms with E-state index >= 15 is 0 Å². The SMILES string of the molecule is CNC(=O)c1ccc(-n2cc(-c3cnc(C(=O)Nc4ccc(C(=O)N5CCN(C(=O)C6CC[N+](C)(C)CC6)CC5)c(Cl)c4)n3C)c(C(F)(F)F)n2)nc1. The van der Waals surface area contributed by atoms with Gasteiger partial charge in [-0.15, -0.1) is 0 Å². The molecule has 18 heteroatoms. The number of carbonyl (C=O) groups is 4. The molecule has 0 unspecified atom stereocenters. The highest BCUT2D eigenvalue weighted by atomic mass is 35.5. The van der Waals surface area contributed by atoms with Crippen LogP contribution < -0.4 is 10.6 Å². The molecule has 0 spiro atoms. The van der Waals surface area contributed by atoms with Crippen molar-refractivity contribution in [1.82, 2.24) is 39.4 Å². The van der Waals surface area contributed by atoms with Crippen LogP contribution in [0.2, 0.25) is 5.02 Å². The second-order valence-electron chi connectivity index (χ2n) is 13.8. The zero-order valence-corrected chi connectivity index (χ0v) is 30.3. The van der Waals surface area contributed by atoms with E-state index in [1.807, 2.05) is 4.90 Å². The van der Waals surface area contributed by atoms with Gasteiger partial charge in [0, 0.05) is 77.1 Å².